The molecule has 1 aliphatic carbocycles. The van der Waals surface area contributed by atoms with E-state index in [1.165, 1.54) is 12.8 Å². The van der Waals surface area contributed by atoms with Crippen molar-refractivity contribution < 1.29 is 39.5 Å². The Morgan fingerprint density at radius 2 is 1.94 bits per heavy atom. The third kappa shape index (κ3) is 2.34. The second-order valence-electron chi connectivity index (χ2n) is 4.19. The van der Waals surface area contributed by atoms with Gasteiger partial charge in [-0.3, -0.25) is 0 Å². The summed E-state index contributed by atoms with van der Waals surface area (Å²) in [6.07, 6.45) is 4.71. The first-order valence-electron chi connectivity index (χ1n) is 5.38. The van der Waals surface area contributed by atoms with E-state index < -0.39 is 5.97 Å². The molecular weight excluding hydrogens is 215 g/mol. The fourth-order valence-corrected chi connectivity index (χ4v) is 2.55. The summed E-state index contributed by atoms with van der Waals surface area (Å²) in [6.45, 7) is 3.67. The van der Waals surface area contributed by atoms with Crippen molar-refractivity contribution in [1.82, 2.24) is 9.55 Å². The van der Waals surface area contributed by atoms with Crippen LogP contribution in [0.4, 0.5) is 0 Å². The molecule has 1 aromatic heterocycles. The Kier molecular flexibility index (Phi) is 4.59. The van der Waals surface area contributed by atoms with Crippen molar-refractivity contribution in [1.29, 1.82) is 0 Å². The van der Waals surface area contributed by atoms with Gasteiger partial charge in [0.2, 0.25) is 0 Å². The minimum absolute atomic E-state index is 0. The number of carboxylic acid groups (broad SMARTS) is 1. The van der Waals surface area contributed by atoms with Crippen LogP contribution in [0.5, 0.6) is 0 Å². The SMILES string of the molecule is Cc1nc(C(=O)[O-])c(C)n1C1CCCC1.[Na+]. The van der Waals surface area contributed by atoms with Gasteiger partial charge in [-0.05, 0) is 26.7 Å². The van der Waals surface area contributed by atoms with E-state index in [9.17, 15) is 9.90 Å². The zero-order chi connectivity index (χ0) is 11.0. The molecule has 1 fully saturated rings. The summed E-state index contributed by atoms with van der Waals surface area (Å²) in [7, 11) is 0. The number of hydrogen-bond donors (Lipinski definition) is 0. The molecule has 0 atom stereocenters. The molecule has 0 radical (unpaired) electrons. The topological polar surface area (TPSA) is 57.9 Å². The number of aryl methyl sites for hydroxylation is 1. The van der Waals surface area contributed by atoms with Crippen molar-refractivity contribution in [3.8, 4) is 0 Å². The van der Waals surface area contributed by atoms with Gasteiger partial charge >= 0.3 is 29.6 Å². The van der Waals surface area contributed by atoms with Gasteiger partial charge in [0.05, 0.1) is 5.97 Å². The van der Waals surface area contributed by atoms with Crippen molar-refractivity contribution in [2.24, 2.45) is 0 Å². The normalized spacial score (nSPS) is 16.1. The number of nitrogens with zero attached hydrogens (tertiary/aromatic N) is 2. The quantitative estimate of drug-likeness (QED) is 0.551. The number of hydrogen-bond acceptors (Lipinski definition) is 3. The molecule has 16 heavy (non-hydrogen) atoms. The molecule has 1 heterocycles. The summed E-state index contributed by atoms with van der Waals surface area (Å²) in [5.74, 6) is -0.383. The van der Waals surface area contributed by atoms with Gasteiger partial charge < -0.3 is 14.5 Å². The summed E-state index contributed by atoms with van der Waals surface area (Å²) in [5, 5.41) is 10.8. The minimum atomic E-state index is -1.17. The second kappa shape index (κ2) is 5.34. The van der Waals surface area contributed by atoms with E-state index in [1.54, 1.807) is 0 Å². The van der Waals surface area contributed by atoms with Gasteiger partial charge in [-0.15, -0.1) is 0 Å². The maximum atomic E-state index is 10.8. The van der Waals surface area contributed by atoms with E-state index in [4.69, 9.17) is 0 Å². The number of carbonyl (C=O) groups excluding carboxylic acids is 1. The van der Waals surface area contributed by atoms with Crippen LogP contribution in [0.2, 0.25) is 0 Å². The van der Waals surface area contributed by atoms with Gasteiger partial charge in [-0.25, -0.2) is 4.98 Å². The van der Waals surface area contributed by atoms with Crippen molar-refractivity contribution in [3.63, 3.8) is 0 Å². The Bertz CT molecular complexity index is 395. The van der Waals surface area contributed by atoms with E-state index >= 15 is 0 Å². The first-order valence-corrected chi connectivity index (χ1v) is 5.38. The first kappa shape index (κ1) is 13.7. The van der Waals surface area contributed by atoms with Crippen LogP contribution in [-0.4, -0.2) is 15.5 Å². The molecule has 0 N–H and O–H groups in total. The Morgan fingerprint density at radius 1 is 1.38 bits per heavy atom. The molecule has 1 saturated carbocycles. The predicted octanol–water partition coefficient (Wildman–Crippen LogP) is -2.02. The third-order valence-electron chi connectivity index (χ3n) is 3.21. The van der Waals surface area contributed by atoms with E-state index in [0.29, 0.717) is 6.04 Å². The number of carbonyl (C=O) groups is 1. The van der Waals surface area contributed by atoms with Gasteiger partial charge in [-0.2, -0.15) is 0 Å². The molecule has 1 aliphatic rings. The van der Waals surface area contributed by atoms with Crippen LogP contribution in [0.15, 0.2) is 0 Å². The Labute approximate surface area is 117 Å². The average Bonchev–Trinajstić information content (AvgIpc) is 2.73. The van der Waals surface area contributed by atoms with E-state index in [1.807, 2.05) is 13.8 Å². The van der Waals surface area contributed by atoms with Crippen LogP contribution in [0.25, 0.3) is 0 Å². The number of aromatic carboxylic acids is 1. The van der Waals surface area contributed by atoms with Crippen LogP contribution in [0.3, 0.4) is 0 Å². The first-order chi connectivity index (χ1) is 7.11. The zero-order valence-electron chi connectivity index (χ0n) is 10.1. The Balaban J connectivity index is 0.00000128. The minimum Gasteiger partial charge on any atom is -0.543 e. The van der Waals surface area contributed by atoms with Gasteiger partial charge in [0.1, 0.15) is 11.5 Å². The molecule has 0 aromatic carbocycles. The number of aromatic nitrogens is 2. The molecular formula is C11H15N2NaO2. The van der Waals surface area contributed by atoms with Crippen LogP contribution in [-0.2, 0) is 0 Å². The summed E-state index contributed by atoms with van der Waals surface area (Å²) >= 11 is 0. The van der Waals surface area contributed by atoms with Crippen LogP contribution in [0.1, 0.15) is 53.7 Å². The number of imidazole rings is 1. The predicted molar refractivity (Wildman–Crippen MR) is 53.5 cm³/mol. The van der Waals surface area contributed by atoms with Gasteiger partial charge in [0.25, 0.3) is 0 Å². The molecule has 0 bridgehead atoms. The third-order valence-corrected chi connectivity index (χ3v) is 3.21. The summed E-state index contributed by atoms with van der Waals surface area (Å²) < 4.78 is 2.05. The number of rotatable bonds is 2. The fraction of sp³-hybridized carbons (Fsp3) is 0.636. The molecule has 0 aliphatic heterocycles. The molecule has 2 rings (SSSR count). The smallest absolute Gasteiger partial charge is 0.543 e. The summed E-state index contributed by atoms with van der Waals surface area (Å²) in [6, 6.07) is 0.436. The second-order valence-corrected chi connectivity index (χ2v) is 4.19. The monoisotopic (exact) mass is 230 g/mol. The van der Waals surface area contributed by atoms with E-state index in [2.05, 4.69) is 9.55 Å². The van der Waals surface area contributed by atoms with Crippen molar-refractivity contribution >= 4 is 5.97 Å². The van der Waals surface area contributed by atoms with Crippen molar-refractivity contribution in [2.45, 2.75) is 45.6 Å². The maximum Gasteiger partial charge on any atom is 1.00 e. The van der Waals surface area contributed by atoms with Crippen LogP contribution >= 0.6 is 0 Å². The van der Waals surface area contributed by atoms with E-state index in [0.717, 1.165) is 24.4 Å². The van der Waals surface area contributed by atoms with Gasteiger partial charge in [-0.1, -0.05) is 12.8 Å². The molecule has 0 unspecified atom stereocenters. The standard InChI is InChI=1S/C11H16N2O2.Na/c1-7-10(11(14)15)12-8(2)13(7)9-5-3-4-6-9;/h9H,3-6H2,1-2H3,(H,14,15);/q;+1/p-1. The molecule has 1 aromatic rings. The van der Waals surface area contributed by atoms with Gasteiger partial charge in [0, 0.05) is 11.7 Å². The van der Waals surface area contributed by atoms with Crippen LogP contribution in [0, 0.1) is 13.8 Å². The molecule has 5 heteroatoms. The van der Waals surface area contributed by atoms with Crippen molar-refractivity contribution in [3.05, 3.63) is 17.2 Å². The molecule has 4 nitrogen and oxygen atoms in total. The molecule has 0 amide bonds. The van der Waals surface area contributed by atoms with Crippen molar-refractivity contribution in [2.75, 3.05) is 0 Å². The summed E-state index contributed by atoms with van der Waals surface area (Å²) in [4.78, 5) is 14.9. The maximum absolute atomic E-state index is 10.8. The Hall–Kier alpha value is -0.320. The van der Waals surface area contributed by atoms with Crippen LogP contribution < -0.4 is 34.7 Å². The zero-order valence-corrected chi connectivity index (χ0v) is 12.1. The molecule has 0 saturated heterocycles. The Morgan fingerprint density at radius 3 is 2.38 bits per heavy atom. The fourth-order valence-electron chi connectivity index (χ4n) is 2.55. The van der Waals surface area contributed by atoms with E-state index in [-0.39, 0.29) is 35.3 Å². The summed E-state index contributed by atoms with van der Waals surface area (Å²) in [5.41, 5.74) is 0.832. The number of carboxylic acids is 1. The largest absolute Gasteiger partial charge is 1.00 e. The average molecular weight is 230 g/mol. The van der Waals surface area contributed by atoms with Gasteiger partial charge in [0.15, 0.2) is 0 Å². The molecule has 82 valence electrons. The molecule has 0 spiro atoms.